The molecule has 0 spiro atoms. The molecule has 0 aromatic heterocycles. The Morgan fingerprint density at radius 2 is 1.85 bits per heavy atom. The number of aliphatic hydroxyl groups excluding tert-OH is 1. The van der Waals surface area contributed by atoms with E-state index in [4.69, 9.17) is 51.6 Å². The number of nitrogens with zero attached hydrogens (tertiary/aromatic N) is 1. The van der Waals surface area contributed by atoms with Crippen LogP contribution in [0.1, 0.15) is 36.6 Å². The van der Waals surface area contributed by atoms with Gasteiger partial charge in [0.05, 0.1) is 41.6 Å². The SMILES string of the molecule is CCOc1cc([C@@H]2NC(=O)NC(C)=C2C(=O)OC)ccc1OC[C@@H](O)N/N=C\c1cc(Cl)c(OCc2ccc3c(c2)OCO3)c(Cl)c1. The lowest BCUT2D eigenvalue weighted by atomic mass is 9.95. The molecule has 3 aromatic rings. The van der Waals surface area contributed by atoms with E-state index in [-0.39, 0.29) is 35.6 Å². The van der Waals surface area contributed by atoms with Gasteiger partial charge in [-0.05, 0) is 66.9 Å². The molecule has 0 radical (unpaired) electrons. The Kier molecular flexibility index (Phi) is 10.8. The summed E-state index contributed by atoms with van der Waals surface area (Å²) in [6.45, 7) is 3.94. The predicted molar refractivity (Wildman–Crippen MR) is 172 cm³/mol. The van der Waals surface area contributed by atoms with Crippen LogP contribution >= 0.6 is 23.2 Å². The van der Waals surface area contributed by atoms with Crippen molar-refractivity contribution >= 4 is 41.4 Å². The zero-order valence-corrected chi connectivity index (χ0v) is 27.1. The van der Waals surface area contributed by atoms with E-state index < -0.39 is 24.3 Å². The summed E-state index contributed by atoms with van der Waals surface area (Å²) < 4.78 is 33.0. The van der Waals surface area contributed by atoms with Gasteiger partial charge in [0.1, 0.15) is 13.2 Å². The van der Waals surface area contributed by atoms with Gasteiger partial charge in [-0.1, -0.05) is 35.3 Å². The van der Waals surface area contributed by atoms with Crippen LogP contribution in [0.3, 0.4) is 0 Å². The first-order chi connectivity index (χ1) is 22.7. The second kappa shape index (κ2) is 15.2. The molecule has 2 aliphatic heterocycles. The quantitative estimate of drug-likeness (QED) is 0.0850. The lowest BCUT2D eigenvalue weighted by Crippen LogP contribution is -2.45. The van der Waals surface area contributed by atoms with E-state index in [1.807, 2.05) is 18.2 Å². The van der Waals surface area contributed by atoms with Gasteiger partial charge in [-0.25, -0.2) is 9.59 Å². The molecule has 2 amide bonds. The van der Waals surface area contributed by atoms with Gasteiger partial charge >= 0.3 is 12.0 Å². The number of allylic oxidation sites excluding steroid dienone is 1. The van der Waals surface area contributed by atoms with Crippen LogP contribution in [0.5, 0.6) is 28.7 Å². The van der Waals surface area contributed by atoms with E-state index in [0.29, 0.717) is 52.2 Å². The number of urea groups is 1. The zero-order valence-electron chi connectivity index (χ0n) is 25.6. The molecule has 0 fully saturated rings. The van der Waals surface area contributed by atoms with Gasteiger partial charge in [0, 0.05) is 5.70 Å². The fourth-order valence-electron chi connectivity index (χ4n) is 4.80. The Balaban J connectivity index is 1.18. The fourth-order valence-corrected chi connectivity index (χ4v) is 5.41. The van der Waals surface area contributed by atoms with Gasteiger partial charge in [-0.15, -0.1) is 0 Å². The maximum atomic E-state index is 12.5. The van der Waals surface area contributed by atoms with E-state index in [0.717, 1.165) is 5.56 Å². The number of hydrazone groups is 1. The molecular formula is C32H32Cl2N4O9. The van der Waals surface area contributed by atoms with Crippen LogP contribution in [0.4, 0.5) is 4.79 Å². The number of rotatable bonds is 13. The smallest absolute Gasteiger partial charge is 0.337 e. The number of esters is 1. The van der Waals surface area contributed by atoms with Crippen molar-refractivity contribution in [3.63, 3.8) is 0 Å². The molecule has 0 saturated carbocycles. The minimum absolute atomic E-state index is 0.184. The molecular weight excluding hydrogens is 655 g/mol. The van der Waals surface area contributed by atoms with Gasteiger partial charge in [0.2, 0.25) is 6.79 Å². The number of ether oxygens (including phenoxy) is 6. The number of hydrogen-bond acceptors (Lipinski definition) is 11. The number of amides is 2. The van der Waals surface area contributed by atoms with Crippen molar-refractivity contribution in [1.29, 1.82) is 0 Å². The van der Waals surface area contributed by atoms with Crippen molar-refractivity contribution in [1.82, 2.24) is 16.1 Å². The van der Waals surface area contributed by atoms with Crippen LogP contribution < -0.4 is 39.7 Å². The zero-order chi connectivity index (χ0) is 33.5. The molecule has 2 aliphatic rings. The first-order valence-electron chi connectivity index (χ1n) is 14.4. The Hall–Kier alpha value is -4.85. The number of hydrogen-bond donors (Lipinski definition) is 4. The van der Waals surface area contributed by atoms with Gasteiger partial charge in [-0.2, -0.15) is 5.10 Å². The molecule has 0 unspecified atom stereocenters. The molecule has 4 N–H and O–H groups in total. The first kappa shape index (κ1) is 33.5. The lowest BCUT2D eigenvalue weighted by molar-refractivity contribution is -0.136. The average molecular weight is 688 g/mol. The van der Waals surface area contributed by atoms with E-state index >= 15 is 0 Å². The van der Waals surface area contributed by atoms with E-state index in [1.165, 1.54) is 13.3 Å². The molecule has 13 nitrogen and oxygen atoms in total. The summed E-state index contributed by atoms with van der Waals surface area (Å²) in [7, 11) is 1.27. The molecule has 3 aromatic carbocycles. The highest BCUT2D eigenvalue weighted by Gasteiger charge is 2.32. The topological polar surface area (TPSA) is 158 Å². The highest BCUT2D eigenvalue weighted by atomic mass is 35.5. The molecule has 47 heavy (non-hydrogen) atoms. The summed E-state index contributed by atoms with van der Waals surface area (Å²) >= 11 is 12.9. The molecule has 2 heterocycles. The number of methoxy groups -OCH3 is 1. The summed E-state index contributed by atoms with van der Waals surface area (Å²) in [5.74, 6) is 1.74. The lowest BCUT2D eigenvalue weighted by Gasteiger charge is -2.28. The summed E-state index contributed by atoms with van der Waals surface area (Å²) in [4.78, 5) is 24.6. The van der Waals surface area contributed by atoms with Crippen molar-refractivity contribution in [2.24, 2.45) is 5.10 Å². The third-order valence-corrected chi connectivity index (χ3v) is 7.51. The van der Waals surface area contributed by atoms with E-state index in [1.54, 1.807) is 44.2 Å². The molecule has 15 heteroatoms. The number of aliphatic hydroxyl groups is 1. The van der Waals surface area contributed by atoms with Gasteiger partial charge in [-0.3, -0.25) is 5.43 Å². The predicted octanol–water partition coefficient (Wildman–Crippen LogP) is 4.82. The minimum atomic E-state index is -1.20. The second-order valence-corrected chi connectivity index (χ2v) is 11.0. The van der Waals surface area contributed by atoms with Crippen molar-refractivity contribution in [2.45, 2.75) is 32.7 Å². The molecule has 5 rings (SSSR count). The fraction of sp³-hybridized carbons (Fsp3) is 0.281. The Labute approximate surface area is 280 Å². The van der Waals surface area contributed by atoms with Crippen LogP contribution in [0.2, 0.25) is 10.0 Å². The highest BCUT2D eigenvalue weighted by Crippen LogP contribution is 2.37. The summed E-state index contributed by atoms with van der Waals surface area (Å²) in [6, 6.07) is 12.5. The highest BCUT2D eigenvalue weighted by molar-refractivity contribution is 6.37. The number of carbonyl (C=O) groups is 2. The van der Waals surface area contributed by atoms with Crippen LogP contribution in [0.15, 0.2) is 64.9 Å². The Morgan fingerprint density at radius 3 is 2.60 bits per heavy atom. The number of benzene rings is 3. The second-order valence-electron chi connectivity index (χ2n) is 10.2. The number of carbonyl (C=O) groups excluding carboxylic acids is 2. The molecule has 248 valence electrons. The average Bonchev–Trinajstić information content (AvgIpc) is 3.51. The largest absolute Gasteiger partial charge is 0.490 e. The molecule has 0 saturated heterocycles. The van der Waals surface area contributed by atoms with Crippen molar-refractivity contribution in [3.8, 4) is 28.7 Å². The first-order valence-corrected chi connectivity index (χ1v) is 15.2. The van der Waals surface area contributed by atoms with E-state index in [2.05, 4.69) is 21.2 Å². The normalized spacial score (nSPS) is 16.0. The third kappa shape index (κ3) is 8.12. The number of nitrogens with one attached hydrogen (secondary N) is 3. The maximum Gasteiger partial charge on any atom is 0.337 e. The third-order valence-electron chi connectivity index (χ3n) is 6.95. The number of fused-ring (bicyclic) bond motifs is 1. The minimum Gasteiger partial charge on any atom is -0.490 e. The van der Waals surface area contributed by atoms with Gasteiger partial charge < -0.3 is 44.2 Å². The Morgan fingerprint density at radius 1 is 1.09 bits per heavy atom. The van der Waals surface area contributed by atoms with Crippen LogP contribution in [0, 0.1) is 0 Å². The molecule has 0 bridgehead atoms. The van der Waals surface area contributed by atoms with Crippen LogP contribution in [-0.4, -0.2) is 56.7 Å². The standard InChI is InChI=1S/C32H32Cl2N4O9/c1-4-43-26-12-20(29-28(31(40)42-3)17(2)36-32(41)37-29)6-8-23(26)44-15-27(39)38-35-13-19-9-21(33)30(22(34)10-19)45-14-18-5-7-24-25(11-18)47-16-46-24/h5-13,27,29,38-39H,4,14-16H2,1-3H3,(H2,36,37,41)/b35-13-/t27-,29+/m1/s1. The monoisotopic (exact) mass is 686 g/mol. The van der Waals surface area contributed by atoms with Crippen molar-refractivity contribution < 1.29 is 43.1 Å². The Bertz CT molecular complexity index is 1690. The van der Waals surface area contributed by atoms with Crippen molar-refractivity contribution in [3.05, 3.63) is 86.5 Å². The van der Waals surface area contributed by atoms with Gasteiger partial charge in [0.25, 0.3) is 0 Å². The van der Waals surface area contributed by atoms with Gasteiger partial charge in [0.15, 0.2) is 35.0 Å². The summed E-state index contributed by atoms with van der Waals surface area (Å²) in [5, 5.41) is 20.4. The summed E-state index contributed by atoms with van der Waals surface area (Å²) in [6.07, 6.45) is 0.237. The molecule has 0 aliphatic carbocycles. The van der Waals surface area contributed by atoms with Crippen LogP contribution in [0.25, 0.3) is 0 Å². The molecule has 2 atom stereocenters. The number of halogens is 2. The van der Waals surface area contributed by atoms with Crippen molar-refractivity contribution in [2.75, 3.05) is 27.1 Å². The van der Waals surface area contributed by atoms with Crippen LogP contribution in [-0.2, 0) is 16.1 Å². The van der Waals surface area contributed by atoms with E-state index in [9.17, 15) is 14.7 Å². The maximum absolute atomic E-state index is 12.5. The summed E-state index contributed by atoms with van der Waals surface area (Å²) in [5.41, 5.74) is 5.20.